The monoisotopic (exact) mass is 332 g/mol. The van der Waals surface area contributed by atoms with Crippen molar-refractivity contribution in [1.29, 1.82) is 0 Å². The number of hydrogen-bond donors (Lipinski definition) is 3. The highest BCUT2D eigenvalue weighted by molar-refractivity contribution is 5.79. The van der Waals surface area contributed by atoms with Crippen molar-refractivity contribution in [2.75, 3.05) is 26.7 Å². The van der Waals surface area contributed by atoms with Gasteiger partial charge in [0, 0.05) is 13.1 Å². The number of carbonyl (C=O) groups is 2. The molecular weight excluding hydrogens is 304 g/mol. The molecule has 0 saturated carbocycles. The van der Waals surface area contributed by atoms with Gasteiger partial charge in [0.25, 0.3) is 0 Å². The first-order valence-electron chi connectivity index (χ1n) is 8.55. The Bertz CT molecular complexity index is 574. The summed E-state index contributed by atoms with van der Waals surface area (Å²) < 4.78 is 0. The van der Waals surface area contributed by atoms with E-state index in [2.05, 4.69) is 10.6 Å². The Morgan fingerprint density at radius 3 is 2.79 bits per heavy atom. The molecule has 0 aliphatic carbocycles. The molecule has 3 amide bonds. The van der Waals surface area contributed by atoms with Crippen LogP contribution in [0, 0.1) is 12.8 Å². The van der Waals surface area contributed by atoms with Crippen molar-refractivity contribution in [2.45, 2.75) is 32.2 Å². The number of amides is 3. The van der Waals surface area contributed by atoms with Gasteiger partial charge in [-0.2, -0.15) is 0 Å². The second-order valence-corrected chi connectivity index (χ2v) is 6.53. The highest BCUT2D eigenvalue weighted by Crippen LogP contribution is 2.23. The van der Waals surface area contributed by atoms with Gasteiger partial charge >= 0.3 is 6.03 Å². The van der Waals surface area contributed by atoms with E-state index in [0.717, 1.165) is 43.6 Å². The largest absolute Gasteiger partial charge is 0.352 e. The Hall–Kier alpha value is -2.08. The summed E-state index contributed by atoms with van der Waals surface area (Å²) in [6.07, 6.45) is 2.40. The van der Waals surface area contributed by atoms with Crippen molar-refractivity contribution in [3.63, 3.8) is 0 Å². The fraction of sp³-hybridized carbons (Fsp3) is 0.556. The highest BCUT2D eigenvalue weighted by Gasteiger charge is 2.26. The minimum atomic E-state index is -0.609. The first-order chi connectivity index (χ1) is 11.5. The number of benzene rings is 1. The van der Waals surface area contributed by atoms with Crippen molar-refractivity contribution in [3.05, 3.63) is 35.4 Å². The van der Waals surface area contributed by atoms with Crippen LogP contribution in [0.25, 0.3) is 0 Å². The van der Waals surface area contributed by atoms with Crippen LogP contribution in [0.5, 0.6) is 0 Å². The number of nitrogens with two attached hydrogens (primary N) is 1. The molecule has 1 aromatic carbocycles. The van der Waals surface area contributed by atoms with Crippen LogP contribution in [0.3, 0.4) is 0 Å². The molecule has 1 aliphatic rings. The summed E-state index contributed by atoms with van der Waals surface area (Å²) in [4.78, 5) is 26.0. The summed E-state index contributed by atoms with van der Waals surface area (Å²) in [5.41, 5.74) is 7.29. The SMILES string of the molecule is CNCC1CCCN(C(=O)CC(NC(N)=O)c2ccccc2C)C1. The molecule has 24 heavy (non-hydrogen) atoms. The minimum absolute atomic E-state index is 0.0674. The quantitative estimate of drug-likeness (QED) is 0.738. The Labute approximate surface area is 143 Å². The van der Waals surface area contributed by atoms with Gasteiger partial charge in [-0.15, -0.1) is 0 Å². The smallest absolute Gasteiger partial charge is 0.312 e. The number of carbonyl (C=O) groups excluding carboxylic acids is 2. The third-order valence-corrected chi connectivity index (χ3v) is 4.62. The van der Waals surface area contributed by atoms with E-state index >= 15 is 0 Å². The Morgan fingerprint density at radius 2 is 2.12 bits per heavy atom. The van der Waals surface area contributed by atoms with Crippen molar-refractivity contribution in [1.82, 2.24) is 15.5 Å². The molecular formula is C18H28N4O2. The average Bonchev–Trinajstić information content (AvgIpc) is 2.55. The minimum Gasteiger partial charge on any atom is -0.352 e. The molecule has 0 aromatic heterocycles. The van der Waals surface area contributed by atoms with Gasteiger partial charge in [-0.05, 0) is 50.4 Å². The molecule has 132 valence electrons. The number of urea groups is 1. The second-order valence-electron chi connectivity index (χ2n) is 6.53. The third kappa shape index (κ3) is 4.96. The standard InChI is InChI=1S/C18H28N4O2/c1-13-6-3-4-8-15(13)16(21-18(19)24)10-17(23)22-9-5-7-14(12-22)11-20-2/h3-4,6,8,14,16,20H,5,7,9-12H2,1-2H3,(H3,19,21,24). The van der Waals surface area contributed by atoms with Crippen LogP contribution in [-0.2, 0) is 4.79 Å². The molecule has 2 rings (SSSR count). The molecule has 6 heteroatoms. The molecule has 1 aromatic rings. The molecule has 2 unspecified atom stereocenters. The van der Waals surface area contributed by atoms with E-state index in [1.807, 2.05) is 43.1 Å². The number of hydrogen-bond acceptors (Lipinski definition) is 3. The predicted octanol–water partition coefficient (Wildman–Crippen LogP) is 1.55. The molecule has 0 bridgehead atoms. The van der Waals surface area contributed by atoms with Gasteiger partial charge in [0.2, 0.25) is 5.91 Å². The molecule has 6 nitrogen and oxygen atoms in total. The maximum atomic E-state index is 12.7. The predicted molar refractivity (Wildman–Crippen MR) is 94.5 cm³/mol. The molecule has 1 aliphatic heterocycles. The summed E-state index contributed by atoms with van der Waals surface area (Å²) in [7, 11) is 1.94. The van der Waals surface area contributed by atoms with Gasteiger partial charge in [-0.25, -0.2) is 4.79 Å². The van der Waals surface area contributed by atoms with E-state index in [1.165, 1.54) is 0 Å². The fourth-order valence-corrected chi connectivity index (χ4v) is 3.44. The van der Waals surface area contributed by atoms with Gasteiger partial charge in [0.05, 0.1) is 12.5 Å². The Kier molecular flexibility index (Phi) is 6.61. The molecule has 2 atom stereocenters. The van der Waals surface area contributed by atoms with E-state index in [1.54, 1.807) is 0 Å². The van der Waals surface area contributed by atoms with Gasteiger partial charge in [-0.1, -0.05) is 24.3 Å². The lowest BCUT2D eigenvalue weighted by Crippen LogP contribution is -2.44. The molecule has 4 N–H and O–H groups in total. The van der Waals surface area contributed by atoms with Crippen LogP contribution in [0.15, 0.2) is 24.3 Å². The van der Waals surface area contributed by atoms with Crippen molar-refractivity contribution in [2.24, 2.45) is 11.7 Å². The number of aryl methyl sites for hydroxylation is 1. The van der Waals surface area contributed by atoms with Gasteiger partial charge < -0.3 is 21.3 Å². The summed E-state index contributed by atoms with van der Waals surface area (Å²) in [6, 6.07) is 6.76. The maximum absolute atomic E-state index is 12.7. The van der Waals surface area contributed by atoms with Gasteiger partial charge in [-0.3, -0.25) is 4.79 Å². The zero-order valence-corrected chi connectivity index (χ0v) is 14.5. The van der Waals surface area contributed by atoms with E-state index in [4.69, 9.17) is 5.73 Å². The molecule has 1 heterocycles. The van der Waals surface area contributed by atoms with Crippen LogP contribution in [0.4, 0.5) is 4.79 Å². The van der Waals surface area contributed by atoms with Gasteiger partial charge in [0.15, 0.2) is 0 Å². The number of nitrogens with one attached hydrogen (secondary N) is 2. The lowest BCUT2D eigenvalue weighted by atomic mass is 9.95. The maximum Gasteiger partial charge on any atom is 0.312 e. The topological polar surface area (TPSA) is 87.5 Å². The van der Waals surface area contributed by atoms with Crippen molar-refractivity contribution < 1.29 is 9.59 Å². The molecule has 1 fully saturated rings. The zero-order chi connectivity index (χ0) is 17.5. The summed E-state index contributed by atoms with van der Waals surface area (Å²) in [5, 5.41) is 5.91. The lowest BCUT2D eigenvalue weighted by molar-refractivity contribution is -0.133. The van der Waals surface area contributed by atoms with Crippen LogP contribution >= 0.6 is 0 Å². The van der Waals surface area contributed by atoms with Crippen LogP contribution in [0.1, 0.15) is 36.4 Å². The normalized spacial score (nSPS) is 18.9. The first kappa shape index (κ1) is 18.3. The summed E-state index contributed by atoms with van der Waals surface area (Å²) in [6.45, 7) is 4.46. The average molecular weight is 332 g/mol. The number of nitrogens with zero attached hydrogens (tertiary/aromatic N) is 1. The van der Waals surface area contributed by atoms with E-state index in [-0.39, 0.29) is 18.4 Å². The summed E-state index contributed by atoms with van der Waals surface area (Å²) >= 11 is 0. The fourth-order valence-electron chi connectivity index (χ4n) is 3.44. The molecule has 0 spiro atoms. The Balaban J connectivity index is 2.07. The zero-order valence-electron chi connectivity index (χ0n) is 14.5. The second kappa shape index (κ2) is 8.68. The number of piperidine rings is 1. The van der Waals surface area contributed by atoms with Crippen LogP contribution in [0.2, 0.25) is 0 Å². The highest BCUT2D eigenvalue weighted by atomic mass is 16.2. The summed E-state index contributed by atoms with van der Waals surface area (Å²) in [5.74, 6) is 0.562. The lowest BCUT2D eigenvalue weighted by Gasteiger charge is -2.34. The number of primary amides is 1. The first-order valence-corrected chi connectivity index (χ1v) is 8.55. The number of rotatable bonds is 6. The van der Waals surface area contributed by atoms with E-state index in [0.29, 0.717) is 5.92 Å². The van der Waals surface area contributed by atoms with Crippen LogP contribution in [-0.4, -0.2) is 43.5 Å². The van der Waals surface area contributed by atoms with Gasteiger partial charge in [0.1, 0.15) is 0 Å². The van der Waals surface area contributed by atoms with Crippen molar-refractivity contribution >= 4 is 11.9 Å². The number of likely N-dealkylation sites (tertiary alicyclic amines) is 1. The third-order valence-electron chi connectivity index (χ3n) is 4.62. The Morgan fingerprint density at radius 1 is 1.38 bits per heavy atom. The van der Waals surface area contributed by atoms with E-state index in [9.17, 15) is 9.59 Å². The van der Waals surface area contributed by atoms with Crippen LogP contribution < -0.4 is 16.4 Å². The van der Waals surface area contributed by atoms with Crippen molar-refractivity contribution in [3.8, 4) is 0 Å². The molecule has 1 saturated heterocycles. The van der Waals surface area contributed by atoms with E-state index < -0.39 is 6.03 Å². The molecule has 0 radical (unpaired) electrons.